The molecular formula is C22H23N5O. The van der Waals surface area contributed by atoms with Crippen molar-refractivity contribution < 1.29 is 0 Å². The van der Waals surface area contributed by atoms with E-state index in [0.29, 0.717) is 11.3 Å². The molecule has 0 radical (unpaired) electrons. The van der Waals surface area contributed by atoms with Crippen molar-refractivity contribution in [3.8, 4) is 11.1 Å². The Bertz CT molecular complexity index is 1250. The van der Waals surface area contributed by atoms with E-state index in [9.17, 15) is 4.79 Å². The number of fused-ring (bicyclic) bond motifs is 2. The normalized spacial score (nSPS) is 15.5. The van der Waals surface area contributed by atoms with Crippen LogP contribution in [0, 0.1) is 13.8 Å². The van der Waals surface area contributed by atoms with E-state index < -0.39 is 0 Å². The first-order valence-electron chi connectivity index (χ1n) is 9.79. The lowest BCUT2D eigenvalue weighted by atomic mass is 9.96. The first-order valence-corrected chi connectivity index (χ1v) is 9.79. The number of hydrogen-bond acceptors (Lipinski definition) is 4. The van der Waals surface area contributed by atoms with Crippen molar-refractivity contribution >= 4 is 16.6 Å². The number of aromatic amines is 1. The summed E-state index contributed by atoms with van der Waals surface area (Å²) in [4.78, 5) is 25.2. The maximum Gasteiger partial charge on any atom is 0.258 e. The zero-order chi connectivity index (χ0) is 19.3. The molecule has 6 nitrogen and oxygen atoms in total. The molecule has 4 aromatic rings. The highest BCUT2D eigenvalue weighted by atomic mass is 16.1. The lowest BCUT2D eigenvalue weighted by molar-refractivity contribution is 0.445. The predicted molar refractivity (Wildman–Crippen MR) is 111 cm³/mol. The zero-order valence-electron chi connectivity index (χ0n) is 16.1. The van der Waals surface area contributed by atoms with E-state index in [-0.39, 0.29) is 5.56 Å². The standard InChI is InChI=1S/C22H23N5O/c1-13-9-17(16-3-4-19-24-14(2)11-27(19)12-16)10-18-20(13)25-21(26-22(18)28)15-5-7-23-8-6-15/h3-4,9-12,15,23H,5-8H2,1-2H3,(H,25,26,28). The van der Waals surface area contributed by atoms with Crippen LogP contribution in [0.1, 0.15) is 35.8 Å². The molecule has 0 unspecified atom stereocenters. The Balaban J connectivity index is 1.63. The molecule has 0 bridgehead atoms. The van der Waals surface area contributed by atoms with Gasteiger partial charge in [-0.25, -0.2) is 9.97 Å². The number of nitrogens with one attached hydrogen (secondary N) is 2. The van der Waals surface area contributed by atoms with Crippen molar-refractivity contribution in [1.82, 2.24) is 24.7 Å². The molecule has 3 aromatic heterocycles. The molecule has 0 saturated carbocycles. The molecule has 0 spiro atoms. The highest BCUT2D eigenvalue weighted by Crippen LogP contribution is 2.28. The third kappa shape index (κ3) is 2.90. The van der Waals surface area contributed by atoms with E-state index in [1.807, 2.05) is 42.6 Å². The van der Waals surface area contributed by atoms with E-state index in [4.69, 9.17) is 4.98 Å². The molecule has 6 heteroatoms. The molecular weight excluding hydrogens is 350 g/mol. The van der Waals surface area contributed by atoms with E-state index in [2.05, 4.69) is 27.5 Å². The van der Waals surface area contributed by atoms with E-state index in [0.717, 1.165) is 65.3 Å². The number of rotatable bonds is 2. The van der Waals surface area contributed by atoms with Crippen LogP contribution in [0.25, 0.3) is 27.7 Å². The van der Waals surface area contributed by atoms with Gasteiger partial charge in [0.2, 0.25) is 0 Å². The summed E-state index contributed by atoms with van der Waals surface area (Å²) in [6.45, 7) is 5.96. The fraction of sp³-hybridized carbons (Fsp3) is 0.318. The SMILES string of the molecule is Cc1cn2cc(-c3cc(C)c4nc(C5CCNCC5)[nH]c(=O)c4c3)ccc2n1. The third-order valence-electron chi connectivity index (χ3n) is 5.65. The second-order valence-corrected chi connectivity index (χ2v) is 7.73. The summed E-state index contributed by atoms with van der Waals surface area (Å²) in [7, 11) is 0. The van der Waals surface area contributed by atoms with Crippen LogP contribution in [0.15, 0.2) is 41.5 Å². The molecule has 1 aromatic carbocycles. The molecule has 28 heavy (non-hydrogen) atoms. The molecule has 4 heterocycles. The van der Waals surface area contributed by atoms with Gasteiger partial charge in [0.05, 0.1) is 16.6 Å². The number of aryl methyl sites for hydroxylation is 2. The van der Waals surface area contributed by atoms with Gasteiger partial charge in [-0.2, -0.15) is 0 Å². The van der Waals surface area contributed by atoms with Gasteiger partial charge in [0.15, 0.2) is 0 Å². The van der Waals surface area contributed by atoms with Crippen LogP contribution in [-0.2, 0) is 0 Å². The molecule has 0 aliphatic carbocycles. The minimum absolute atomic E-state index is 0.0527. The Morgan fingerprint density at radius 3 is 2.68 bits per heavy atom. The summed E-state index contributed by atoms with van der Waals surface area (Å²) < 4.78 is 2.02. The number of piperidine rings is 1. The van der Waals surface area contributed by atoms with Crippen molar-refractivity contribution in [2.24, 2.45) is 0 Å². The largest absolute Gasteiger partial charge is 0.317 e. The van der Waals surface area contributed by atoms with Crippen LogP contribution >= 0.6 is 0 Å². The first kappa shape index (κ1) is 17.1. The highest BCUT2D eigenvalue weighted by Gasteiger charge is 2.19. The highest BCUT2D eigenvalue weighted by molar-refractivity contribution is 5.86. The van der Waals surface area contributed by atoms with E-state index >= 15 is 0 Å². The van der Waals surface area contributed by atoms with Crippen molar-refractivity contribution in [1.29, 1.82) is 0 Å². The maximum atomic E-state index is 12.9. The van der Waals surface area contributed by atoms with Gasteiger partial charge in [0.1, 0.15) is 11.5 Å². The zero-order valence-corrected chi connectivity index (χ0v) is 16.1. The van der Waals surface area contributed by atoms with E-state index in [1.54, 1.807) is 0 Å². The summed E-state index contributed by atoms with van der Waals surface area (Å²) in [5.41, 5.74) is 5.75. The summed E-state index contributed by atoms with van der Waals surface area (Å²) in [6, 6.07) is 8.12. The number of benzene rings is 1. The Morgan fingerprint density at radius 2 is 1.86 bits per heavy atom. The number of pyridine rings is 1. The van der Waals surface area contributed by atoms with Crippen molar-refractivity contribution in [3.63, 3.8) is 0 Å². The van der Waals surface area contributed by atoms with Crippen LogP contribution in [0.2, 0.25) is 0 Å². The lowest BCUT2D eigenvalue weighted by Gasteiger charge is -2.22. The van der Waals surface area contributed by atoms with Gasteiger partial charge < -0.3 is 14.7 Å². The molecule has 1 saturated heterocycles. The Hall–Kier alpha value is -2.99. The summed E-state index contributed by atoms with van der Waals surface area (Å²) in [5, 5.41) is 4.01. The fourth-order valence-corrected chi connectivity index (χ4v) is 4.18. The first-order chi connectivity index (χ1) is 13.6. The van der Waals surface area contributed by atoms with Crippen molar-refractivity contribution in [2.45, 2.75) is 32.6 Å². The Morgan fingerprint density at radius 1 is 1.04 bits per heavy atom. The van der Waals surface area contributed by atoms with Gasteiger partial charge in [-0.1, -0.05) is 0 Å². The monoisotopic (exact) mass is 373 g/mol. The van der Waals surface area contributed by atoms with E-state index in [1.165, 1.54) is 0 Å². The molecule has 0 amide bonds. The quantitative estimate of drug-likeness (QED) is 0.565. The van der Waals surface area contributed by atoms with Gasteiger partial charge in [-0.05, 0) is 80.7 Å². The number of H-pyrrole nitrogens is 1. The van der Waals surface area contributed by atoms with Crippen molar-refractivity contribution in [2.75, 3.05) is 13.1 Å². The van der Waals surface area contributed by atoms with Gasteiger partial charge in [-0.15, -0.1) is 0 Å². The topological polar surface area (TPSA) is 75.1 Å². The van der Waals surface area contributed by atoms with Crippen LogP contribution in [0.5, 0.6) is 0 Å². The van der Waals surface area contributed by atoms with Crippen LogP contribution in [0.4, 0.5) is 0 Å². The van der Waals surface area contributed by atoms with Crippen LogP contribution in [0.3, 0.4) is 0 Å². The second-order valence-electron chi connectivity index (χ2n) is 7.73. The van der Waals surface area contributed by atoms with Crippen LogP contribution < -0.4 is 10.9 Å². The number of aromatic nitrogens is 4. The minimum atomic E-state index is -0.0527. The van der Waals surface area contributed by atoms with Crippen molar-refractivity contribution in [3.05, 3.63) is 64.1 Å². The number of hydrogen-bond donors (Lipinski definition) is 2. The minimum Gasteiger partial charge on any atom is -0.317 e. The maximum absolute atomic E-state index is 12.9. The van der Waals surface area contributed by atoms with Gasteiger partial charge in [0.25, 0.3) is 5.56 Å². The molecule has 1 fully saturated rings. The molecule has 5 rings (SSSR count). The fourth-order valence-electron chi connectivity index (χ4n) is 4.18. The molecule has 1 aliphatic rings. The summed E-state index contributed by atoms with van der Waals surface area (Å²) >= 11 is 0. The Labute approximate surface area is 162 Å². The smallest absolute Gasteiger partial charge is 0.258 e. The lowest BCUT2D eigenvalue weighted by Crippen LogP contribution is -2.28. The number of imidazole rings is 1. The average Bonchev–Trinajstić information content (AvgIpc) is 3.08. The second kappa shape index (κ2) is 6.56. The summed E-state index contributed by atoms with van der Waals surface area (Å²) in [5.74, 6) is 1.15. The molecule has 2 N–H and O–H groups in total. The van der Waals surface area contributed by atoms with Gasteiger partial charge in [-0.3, -0.25) is 4.79 Å². The van der Waals surface area contributed by atoms with Crippen LogP contribution in [-0.4, -0.2) is 32.4 Å². The molecule has 0 atom stereocenters. The van der Waals surface area contributed by atoms with Gasteiger partial charge in [0, 0.05) is 18.3 Å². The Kier molecular flexibility index (Phi) is 4.02. The molecule has 142 valence electrons. The average molecular weight is 373 g/mol. The number of nitrogens with zero attached hydrogens (tertiary/aromatic N) is 3. The summed E-state index contributed by atoms with van der Waals surface area (Å²) in [6.07, 6.45) is 6.08. The third-order valence-corrected chi connectivity index (χ3v) is 5.65. The molecule has 1 aliphatic heterocycles. The predicted octanol–water partition coefficient (Wildman–Crippen LogP) is 3.32. The van der Waals surface area contributed by atoms with Gasteiger partial charge >= 0.3 is 0 Å².